The first kappa shape index (κ1) is 24.8. The quantitative estimate of drug-likeness (QED) is 0.206. The first-order chi connectivity index (χ1) is 16.5. The molecule has 0 atom stereocenters. The Kier molecular flexibility index (Phi) is 8.61. The molecule has 0 saturated heterocycles. The van der Waals surface area contributed by atoms with Gasteiger partial charge in [-0.05, 0) is 59.4 Å². The minimum Gasteiger partial charge on any atom is -0.493 e. The molecule has 3 rings (SSSR count). The van der Waals surface area contributed by atoms with E-state index in [1.807, 2.05) is 62.4 Å². The molecule has 0 aliphatic carbocycles. The van der Waals surface area contributed by atoms with E-state index in [4.69, 9.17) is 21.2 Å². The van der Waals surface area contributed by atoms with Gasteiger partial charge in [-0.1, -0.05) is 50.2 Å². The summed E-state index contributed by atoms with van der Waals surface area (Å²) in [5.41, 5.74) is 8.83. The predicted octanol–water partition coefficient (Wildman–Crippen LogP) is 3.81. The molecule has 2 amide bonds. The summed E-state index contributed by atoms with van der Waals surface area (Å²) in [6, 6.07) is 18.8. The summed E-state index contributed by atoms with van der Waals surface area (Å²) in [7, 11) is 0. The van der Waals surface area contributed by atoms with Gasteiger partial charge in [0.1, 0.15) is 11.5 Å². The smallest absolute Gasteiger partial charge is 0.268 e. The van der Waals surface area contributed by atoms with E-state index >= 15 is 0 Å². The Balaban J connectivity index is 1.91. The second-order valence-corrected chi connectivity index (χ2v) is 7.64. The Labute approximate surface area is 199 Å². The molecule has 0 radical (unpaired) electrons. The largest absolute Gasteiger partial charge is 0.493 e. The topological polar surface area (TPSA) is 129 Å². The summed E-state index contributed by atoms with van der Waals surface area (Å²) < 4.78 is 11.6. The van der Waals surface area contributed by atoms with Crippen molar-refractivity contribution in [3.8, 4) is 33.8 Å². The molecule has 0 bridgehead atoms. The maximum absolute atomic E-state index is 12.1. The van der Waals surface area contributed by atoms with Gasteiger partial charge in [0.15, 0.2) is 0 Å². The maximum atomic E-state index is 12.1. The van der Waals surface area contributed by atoms with Crippen molar-refractivity contribution in [3.05, 3.63) is 71.8 Å². The molecule has 8 nitrogen and oxygen atoms in total. The summed E-state index contributed by atoms with van der Waals surface area (Å²) in [6.45, 7) is 4.99. The van der Waals surface area contributed by atoms with Gasteiger partial charge >= 0.3 is 0 Å². The van der Waals surface area contributed by atoms with Crippen molar-refractivity contribution in [1.29, 1.82) is 0 Å². The fourth-order valence-electron chi connectivity index (χ4n) is 3.45. The number of benzene rings is 3. The summed E-state index contributed by atoms with van der Waals surface area (Å²) in [4.78, 5) is 24.1. The van der Waals surface area contributed by atoms with E-state index in [1.54, 1.807) is 12.1 Å². The summed E-state index contributed by atoms with van der Waals surface area (Å²) in [5, 5.41) is 0. The van der Waals surface area contributed by atoms with Crippen LogP contribution in [0.1, 0.15) is 47.4 Å². The molecule has 3 aromatic rings. The van der Waals surface area contributed by atoms with Crippen molar-refractivity contribution in [3.63, 3.8) is 0 Å². The summed E-state index contributed by atoms with van der Waals surface area (Å²) in [5.74, 6) is 10.8. The minimum absolute atomic E-state index is 0.387. The van der Waals surface area contributed by atoms with E-state index in [1.165, 1.54) is 0 Å². The normalized spacial score (nSPS) is 10.5. The fourth-order valence-corrected chi connectivity index (χ4v) is 3.45. The number of carbonyl (C=O) groups excluding carboxylic acids is 2. The monoisotopic (exact) mass is 462 g/mol. The van der Waals surface area contributed by atoms with Crippen molar-refractivity contribution in [1.82, 2.24) is 10.9 Å². The lowest BCUT2D eigenvalue weighted by atomic mass is 9.98. The lowest BCUT2D eigenvalue weighted by molar-refractivity contribution is 0.0941. The Morgan fingerprint density at radius 1 is 0.647 bits per heavy atom. The molecule has 0 aromatic heterocycles. The third kappa shape index (κ3) is 5.72. The van der Waals surface area contributed by atoms with Crippen molar-refractivity contribution in [2.45, 2.75) is 26.7 Å². The van der Waals surface area contributed by atoms with Crippen LogP contribution in [0.15, 0.2) is 60.7 Å². The van der Waals surface area contributed by atoms with Crippen molar-refractivity contribution in [2.75, 3.05) is 13.2 Å². The number of amides is 2. The van der Waals surface area contributed by atoms with Gasteiger partial charge in [-0.15, -0.1) is 0 Å². The number of nitrogens with one attached hydrogen (secondary N) is 2. The maximum Gasteiger partial charge on any atom is 0.268 e. The molecule has 0 heterocycles. The molecule has 34 heavy (non-hydrogen) atoms. The summed E-state index contributed by atoms with van der Waals surface area (Å²) in [6.07, 6.45) is 1.64. The highest BCUT2D eigenvalue weighted by Gasteiger charge is 2.15. The van der Waals surface area contributed by atoms with Gasteiger partial charge in [0.25, 0.3) is 11.8 Å². The van der Waals surface area contributed by atoms with Crippen LogP contribution < -0.4 is 32.0 Å². The Hall–Kier alpha value is -3.88. The van der Waals surface area contributed by atoms with Crippen LogP contribution in [0.2, 0.25) is 0 Å². The Bertz CT molecular complexity index is 1060. The van der Waals surface area contributed by atoms with Gasteiger partial charge in [-0.3, -0.25) is 20.4 Å². The first-order valence-corrected chi connectivity index (χ1v) is 11.2. The number of ether oxygens (including phenoxy) is 2. The van der Waals surface area contributed by atoms with E-state index in [0.29, 0.717) is 35.8 Å². The molecule has 8 heteroatoms. The van der Waals surface area contributed by atoms with Gasteiger partial charge in [0, 0.05) is 0 Å². The highest BCUT2D eigenvalue weighted by molar-refractivity contribution is 5.98. The van der Waals surface area contributed by atoms with Crippen LogP contribution in [-0.2, 0) is 0 Å². The summed E-state index contributed by atoms with van der Waals surface area (Å²) >= 11 is 0. The van der Waals surface area contributed by atoms with Crippen LogP contribution in [0.5, 0.6) is 11.5 Å². The molecule has 0 saturated carbocycles. The van der Waals surface area contributed by atoms with Crippen LogP contribution in [0.25, 0.3) is 22.3 Å². The SMILES string of the molecule is CCCOc1cc(-c2ccc(-c3ccc(C(=O)NN)c(OCCC)c3)cc2)ccc1C(=O)NN. The minimum atomic E-state index is -0.402. The number of rotatable bonds is 10. The molecule has 0 fully saturated rings. The average molecular weight is 463 g/mol. The molecule has 0 spiro atoms. The van der Waals surface area contributed by atoms with E-state index in [0.717, 1.165) is 35.1 Å². The lowest BCUT2D eigenvalue weighted by Gasteiger charge is -2.13. The Morgan fingerprint density at radius 2 is 1.00 bits per heavy atom. The average Bonchev–Trinajstić information content (AvgIpc) is 2.89. The van der Waals surface area contributed by atoms with Crippen LogP contribution >= 0.6 is 0 Å². The second-order valence-electron chi connectivity index (χ2n) is 7.64. The van der Waals surface area contributed by atoms with Crippen LogP contribution in [0.4, 0.5) is 0 Å². The molecule has 178 valence electrons. The molecule has 0 aliphatic heterocycles. The number of hydrogen-bond acceptors (Lipinski definition) is 6. The Morgan fingerprint density at radius 3 is 1.32 bits per heavy atom. The third-order valence-electron chi connectivity index (χ3n) is 5.19. The van der Waals surface area contributed by atoms with Gasteiger partial charge in [-0.2, -0.15) is 0 Å². The zero-order valence-electron chi connectivity index (χ0n) is 19.4. The predicted molar refractivity (Wildman–Crippen MR) is 132 cm³/mol. The van der Waals surface area contributed by atoms with Gasteiger partial charge in [0.2, 0.25) is 0 Å². The third-order valence-corrected chi connectivity index (χ3v) is 5.19. The number of carbonyl (C=O) groups is 2. The van der Waals surface area contributed by atoms with Crippen LogP contribution in [0.3, 0.4) is 0 Å². The molecular weight excluding hydrogens is 432 g/mol. The number of nitrogens with two attached hydrogens (primary N) is 2. The van der Waals surface area contributed by atoms with E-state index in [-0.39, 0.29) is 0 Å². The molecular formula is C26H30N4O4. The lowest BCUT2D eigenvalue weighted by Crippen LogP contribution is -2.30. The highest BCUT2D eigenvalue weighted by atomic mass is 16.5. The fraction of sp³-hybridized carbons (Fsp3) is 0.231. The standard InChI is InChI=1S/C26H30N4O4/c1-3-13-33-23-15-19(9-11-21(23)25(31)29-27)17-5-7-18(8-6-17)20-10-12-22(26(32)30-28)24(16-20)34-14-4-2/h5-12,15-16H,3-4,13-14,27-28H2,1-2H3,(H,29,31)(H,30,32). The van der Waals surface area contributed by atoms with Gasteiger partial charge < -0.3 is 9.47 Å². The number of hydrogen-bond donors (Lipinski definition) is 4. The molecule has 6 N–H and O–H groups in total. The number of hydrazine groups is 2. The van der Waals surface area contributed by atoms with Crippen molar-refractivity contribution in [2.24, 2.45) is 11.7 Å². The van der Waals surface area contributed by atoms with Crippen molar-refractivity contribution < 1.29 is 19.1 Å². The highest BCUT2D eigenvalue weighted by Crippen LogP contribution is 2.32. The van der Waals surface area contributed by atoms with Gasteiger partial charge in [-0.25, -0.2) is 11.7 Å². The van der Waals surface area contributed by atoms with E-state index in [2.05, 4.69) is 10.9 Å². The molecule has 0 aliphatic rings. The van der Waals surface area contributed by atoms with E-state index in [9.17, 15) is 9.59 Å². The molecule has 0 unspecified atom stereocenters. The second kappa shape index (κ2) is 11.8. The van der Waals surface area contributed by atoms with Gasteiger partial charge in [0.05, 0.1) is 24.3 Å². The van der Waals surface area contributed by atoms with E-state index < -0.39 is 11.8 Å². The van der Waals surface area contributed by atoms with Crippen LogP contribution in [-0.4, -0.2) is 25.0 Å². The molecule has 3 aromatic carbocycles. The zero-order chi connectivity index (χ0) is 24.5. The van der Waals surface area contributed by atoms with Crippen LogP contribution in [0, 0.1) is 0 Å². The van der Waals surface area contributed by atoms with Crippen molar-refractivity contribution >= 4 is 11.8 Å². The number of nitrogen functional groups attached to an aromatic ring is 2. The zero-order valence-corrected chi connectivity index (χ0v) is 19.4. The first-order valence-electron chi connectivity index (χ1n) is 11.2.